The number of anilines is 1. The summed E-state index contributed by atoms with van der Waals surface area (Å²) in [6.07, 6.45) is -0.1000. The van der Waals surface area contributed by atoms with Crippen molar-refractivity contribution in [3.63, 3.8) is 0 Å². The summed E-state index contributed by atoms with van der Waals surface area (Å²) in [6.45, 7) is 0.198. The Morgan fingerprint density at radius 2 is 1.94 bits per heavy atom. The summed E-state index contributed by atoms with van der Waals surface area (Å²) >= 11 is 3.27. The molecule has 0 spiro atoms. The standard InChI is InChI=1S/C11H10BrNO4/c12-7-1-3-8(4-2-7)13-6-5-11(17,9(13)14)10(15)16/h1-4,17H,5-6H2,(H,15,16)/t11-/m0/s1. The van der Waals surface area contributed by atoms with E-state index < -0.39 is 17.5 Å². The molecule has 1 heterocycles. The Morgan fingerprint density at radius 3 is 2.41 bits per heavy atom. The number of carboxylic acids is 1. The second-order valence-electron chi connectivity index (χ2n) is 3.85. The fraction of sp³-hybridized carbons (Fsp3) is 0.273. The number of carbonyl (C=O) groups is 2. The van der Waals surface area contributed by atoms with Gasteiger partial charge in [0.05, 0.1) is 0 Å². The summed E-state index contributed by atoms with van der Waals surface area (Å²) in [5, 5.41) is 18.6. The van der Waals surface area contributed by atoms with Crippen molar-refractivity contribution in [2.45, 2.75) is 12.0 Å². The predicted octanol–water partition coefficient (Wildman–Crippen LogP) is 1.00. The molecule has 1 fully saturated rings. The minimum Gasteiger partial charge on any atom is -0.479 e. The van der Waals surface area contributed by atoms with Gasteiger partial charge in [-0.25, -0.2) is 4.79 Å². The monoisotopic (exact) mass is 299 g/mol. The van der Waals surface area contributed by atoms with Crippen LogP contribution in [0.1, 0.15) is 6.42 Å². The smallest absolute Gasteiger partial charge is 0.345 e. The van der Waals surface area contributed by atoms with Gasteiger partial charge in [-0.05, 0) is 24.3 Å². The van der Waals surface area contributed by atoms with E-state index in [0.717, 1.165) is 4.47 Å². The van der Waals surface area contributed by atoms with Crippen LogP contribution >= 0.6 is 15.9 Å². The molecule has 1 aromatic carbocycles. The fourth-order valence-corrected chi connectivity index (χ4v) is 2.04. The summed E-state index contributed by atoms with van der Waals surface area (Å²) in [7, 11) is 0. The van der Waals surface area contributed by atoms with Gasteiger partial charge in [-0.2, -0.15) is 0 Å². The molecule has 1 amide bonds. The molecule has 90 valence electrons. The lowest BCUT2D eigenvalue weighted by Gasteiger charge is -2.18. The van der Waals surface area contributed by atoms with Gasteiger partial charge in [-0.3, -0.25) is 4.79 Å². The first-order valence-electron chi connectivity index (χ1n) is 4.98. The number of hydrogen-bond acceptors (Lipinski definition) is 3. The van der Waals surface area contributed by atoms with Crippen LogP contribution in [0.15, 0.2) is 28.7 Å². The van der Waals surface area contributed by atoms with Gasteiger partial charge in [0.1, 0.15) is 0 Å². The van der Waals surface area contributed by atoms with E-state index in [2.05, 4.69) is 15.9 Å². The van der Waals surface area contributed by atoms with Gasteiger partial charge in [0.25, 0.3) is 5.91 Å². The second-order valence-corrected chi connectivity index (χ2v) is 4.76. The molecular weight excluding hydrogens is 290 g/mol. The molecule has 0 radical (unpaired) electrons. The molecule has 0 aromatic heterocycles. The molecule has 1 aliphatic heterocycles. The number of carboxylic acid groups (broad SMARTS) is 1. The Balaban J connectivity index is 2.29. The van der Waals surface area contributed by atoms with Gasteiger partial charge in [-0.1, -0.05) is 15.9 Å². The first-order chi connectivity index (χ1) is 7.95. The topological polar surface area (TPSA) is 77.8 Å². The summed E-state index contributed by atoms with van der Waals surface area (Å²) < 4.78 is 0.862. The molecule has 2 N–H and O–H groups in total. The Labute approximate surface area is 106 Å². The molecule has 0 aliphatic carbocycles. The fourth-order valence-electron chi connectivity index (χ4n) is 1.77. The van der Waals surface area contributed by atoms with Crippen LogP contribution in [0.3, 0.4) is 0 Å². The van der Waals surface area contributed by atoms with Crippen LogP contribution in [0.25, 0.3) is 0 Å². The van der Waals surface area contributed by atoms with Crippen LogP contribution < -0.4 is 4.90 Å². The Morgan fingerprint density at radius 1 is 1.35 bits per heavy atom. The maximum absolute atomic E-state index is 11.8. The first kappa shape index (κ1) is 12.1. The largest absolute Gasteiger partial charge is 0.479 e. The van der Waals surface area contributed by atoms with Crippen molar-refractivity contribution in [1.82, 2.24) is 0 Å². The molecular formula is C11H10BrNO4. The van der Waals surface area contributed by atoms with Gasteiger partial charge >= 0.3 is 5.97 Å². The Hall–Kier alpha value is -1.40. The van der Waals surface area contributed by atoms with Crippen LogP contribution in [-0.2, 0) is 9.59 Å². The maximum atomic E-state index is 11.8. The minimum absolute atomic E-state index is 0.1000. The molecule has 0 bridgehead atoms. The highest BCUT2D eigenvalue weighted by atomic mass is 79.9. The third-order valence-corrected chi connectivity index (χ3v) is 3.32. The molecule has 5 nitrogen and oxygen atoms in total. The number of benzene rings is 1. The zero-order valence-corrected chi connectivity index (χ0v) is 10.3. The van der Waals surface area contributed by atoms with Crippen molar-refractivity contribution in [2.75, 3.05) is 11.4 Å². The molecule has 1 aliphatic rings. The third-order valence-electron chi connectivity index (χ3n) is 2.79. The number of nitrogens with zero attached hydrogens (tertiary/aromatic N) is 1. The molecule has 0 saturated carbocycles. The average molecular weight is 300 g/mol. The van der Waals surface area contributed by atoms with Gasteiger partial charge in [-0.15, -0.1) is 0 Å². The number of hydrogen-bond donors (Lipinski definition) is 2. The van der Waals surface area contributed by atoms with Crippen molar-refractivity contribution in [1.29, 1.82) is 0 Å². The van der Waals surface area contributed by atoms with E-state index in [9.17, 15) is 14.7 Å². The maximum Gasteiger partial charge on any atom is 0.345 e. The molecule has 0 unspecified atom stereocenters. The second kappa shape index (κ2) is 4.12. The van der Waals surface area contributed by atoms with E-state index in [1.165, 1.54) is 4.90 Å². The number of aliphatic hydroxyl groups is 1. The first-order valence-corrected chi connectivity index (χ1v) is 5.78. The highest BCUT2D eigenvalue weighted by Crippen LogP contribution is 2.29. The number of carbonyl (C=O) groups excluding carboxylic acids is 1. The van der Waals surface area contributed by atoms with Gasteiger partial charge in [0.15, 0.2) is 0 Å². The highest BCUT2D eigenvalue weighted by Gasteiger charge is 2.52. The summed E-state index contributed by atoms with van der Waals surface area (Å²) in [5.74, 6) is -2.28. The summed E-state index contributed by atoms with van der Waals surface area (Å²) in [4.78, 5) is 24.0. The zero-order valence-electron chi connectivity index (χ0n) is 8.76. The van der Waals surface area contributed by atoms with Crippen LogP contribution in [0.4, 0.5) is 5.69 Å². The quantitative estimate of drug-likeness (QED) is 0.799. The van der Waals surface area contributed by atoms with E-state index in [-0.39, 0.29) is 13.0 Å². The van der Waals surface area contributed by atoms with Crippen LogP contribution in [0.5, 0.6) is 0 Å². The minimum atomic E-state index is -2.28. The van der Waals surface area contributed by atoms with Crippen molar-refractivity contribution in [2.24, 2.45) is 0 Å². The predicted molar refractivity (Wildman–Crippen MR) is 63.7 cm³/mol. The summed E-state index contributed by atoms with van der Waals surface area (Å²) in [6, 6.07) is 6.88. The van der Waals surface area contributed by atoms with Crippen molar-refractivity contribution in [3.05, 3.63) is 28.7 Å². The van der Waals surface area contributed by atoms with Crippen LogP contribution in [0.2, 0.25) is 0 Å². The zero-order chi connectivity index (χ0) is 12.6. The summed E-state index contributed by atoms with van der Waals surface area (Å²) in [5.41, 5.74) is -1.71. The van der Waals surface area contributed by atoms with Gasteiger partial charge < -0.3 is 15.1 Å². The molecule has 1 atom stereocenters. The van der Waals surface area contributed by atoms with Crippen molar-refractivity contribution in [3.8, 4) is 0 Å². The molecule has 1 saturated heterocycles. The lowest BCUT2D eigenvalue weighted by molar-refractivity contribution is -0.162. The van der Waals surface area contributed by atoms with Crippen LogP contribution in [0, 0.1) is 0 Å². The molecule has 6 heteroatoms. The Bertz CT molecular complexity index is 473. The number of halogens is 1. The van der Waals surface area contributed by atoms with Crippen molar-refractivity contribution < 1.29 is 19.8 Å². The number of amides is 1. The number of rotatable bonds is 2. The number of aliphatic carboxylic acids is 1. The molecule has 1 aromatic rings. The molecule has 17 heavy (non-hydrogen) atoms. The SMILES string of the molecule is O=C(O)[C@]1(O)CCN(c2ccc(Br)cc2)C1=O. The third kappa shape index (κ3) is 1.94. The Kier molecular flexibility index (Phi) is 2.92. The van der Waals surface area contributed by atoms with Gasteiger partial charge in [0.2, 0.25) is 5.60 Å². The van der Waals surface area contributed by atoms with E-state index in [1.54, 1.807) is 24.3 Å². The lowest BCUT2D eigenvalue weighted by atomic mass is 10.0. The van der Waals surface area contributed by atoms with E-state index in [0.29, 0.717) is 5.69 Å². The normalized spacial score (nSPS) is 24.1. The molecule has 2 rings (SSSR count). The van der Waals surface area contributed by atoms with Crippen LogP contribution in [-0.4, -0.2) is 34.2 Å². The van der Waals surface area contributed by atoms with E-state index in [1.807, 2.05) is 0 Å². The average Bonchev–Trinajstić information content (AvgIpc) is 2.59. The highest BCUT2D eigenvalue weighted by molar-refractivity contribution is 9.10. The van der Waals surface area contributed by atoms with Crippen molar-refractivity contribution >= 4 is 33.5 Å². The van der Waals surface area contributed by atoms with E-state index in [4.69, 9.17) is 5.11 Å². The lowest BCUT2D eigenvalue weighted by Crippen LogP contribution is -2.46. The van der Waals surface area contributed by atoms with E-state index >= 15 is 0 Å². The van der Waals surface area contributed by atoms with Gasteiger partial charge in [0, 0.05) is 23.1 Å².